The molecule has 0 saturated carbocycles. The van der Waals surface area contributed by atoms with Crippen molar-refractivity contribution in [2.45, 2.75) is 27.7 Å². The van der Waals surface area contributed by atoms with Gasteiger partial charge in [0.05, 0.1) is 26.4 Å². The van der Waals surface area contributed by atoms with Crippen molar-refractivity contribution in [1.82, 2.24) is 0 Å². The zero-order valence-electron chi connectivity index (χ0n) is 11.9. The maximum Gasteiger partial charge on any atom is 0.372 e. The van der Waals surface area contributed by atoms with Gasteiger partial charge in [-0.3, -0.25) is 9.13 Å². The third kappa shape index (κ3) is 5.43. The summed E-state index contributed by atoms with van der Waals surface area (Å²) in [6, 6.07) is 0. The summed E-state index contributed by atoms with van der Waals surface area (Å²) >= 11 is 11.5. The van der Waals surface area contributed by atoms with Gasteiger partial charge in [-0.15, -0.1) is 0 Å². The summed E-state index contributed by atoms with van der Waals surface area (Å²) < 4.78 is 45.4. The highest BCUT2D eigenvalue weighted by Crippen LogP contribution is 2.75. The molecule has 0 bridgehead atoms. The van der Waals surface area contributed by atoms with Crippen molar-refractivity contribution >= 4 is 38.4 Å². The molecule has 0 atom stereocenters. The zero-order chi connectivity index (χ0) is 15.8. The normalized spacial score (nSPS) is 12.5. The Morgan fingerprint density at radius 2 is 1.00 bits per heavy atom. The molecule has 0 aromatic rings. The molecule has 0 amide bonds. The van der Waals surface area contributed by atoms with Gasteiger partial charge in [0.2, 0.25) is 0 Å². The van der Waals surface area contributed by atoms with Crippen LogP contribution in [0.25, 0.3) is 0 Å². The predicted molar refractivity (Wildman–Crippen MR) is 80.4 cm³/mol. The van der Waals surface area contributed by atoms with Crippen LogP contribution in [0, 0.1) is 0 Å². The molecular weight excluding hydrogens is 349 g/mol. The van der Waals surface area contributed by atoms with Crippen LogP contribution in [0.4, 0.5) is 0 Å². The highest BCUT2D eigenvalue weighted by Gasteiger charge is 2.47. The monoisotopic (exact) mass is 368 g/mol. The van der Waals surface area contributed by atoms with Gasteiger partial charge in [-0.1, -0.05) is 23.2 Å². The summed E-state index contributed by atoms with van der Waals surface area (Å²) in [6.45, 7) is 6.66. The van der Waals surface area contributed by atoms with Crippen LogP contribution in [0.15, 0.2) is 9.55 Å². The summed E-state index contributed by atoms with van der Waals surface area (Å²) in [4.78, 5) is 0. The fraction of sp³-hybridized carbons (Fsp3) is 0.800. The minimum atomic E-state index is -3.96. The fourth-order valence-electron chi connectivity index (χ4n) is 1.36. The summed E-state index contributed by atoms with van der Waals surface area (Å²) in [5, 5.41) is -0.458. The first-order valence-corrected chi connectivity index (χ1v) is 9.99. The maximum atomic E-state index is 12.7. The number of hydrogen-bond donors (Lipinski definition) is 0. The number of halogens is 2. The average molecular weight is 369 g/mol. The quantitative estimate of drug-likeness (QED) is 0.498. The average Bonchev–Trinajstić information content (AvgIpc) is 2.28. The molecule has 0 fully saturated rings. The van der Waals surface area contributed by atoms with Crippen molar-refractivity contribution in [3.05, 3.63) is 9.55 Å². The molecule has 0 aliphatic heterocycles. The van der Waals surface area contributed by atoms with Crippen LogP contribution >= 0.6 is 38.4 Å². The molecule has 0 saturated heterocycles. The van der Waals surface area contributed by atoms with E-state index in [-0.39, 0.29) is 26.4 Å². The molecule has 0 aromatic heterocycles. The summed E-state index contributed by atoms with van der Waals surface area (Å²) in [5.74, 6) is 0. The second-order valence-corrected chi connectivity index (χ2v) is 8.47. The minimum absolute atomic E-state index is 0.0556. The van der Waals surface area contributed by atoms with Crippen LogP contribution in [0.2, 0.25) is 0 Å². The van der Waals surface area contributed by atoms with Crippen LogP contribution in [-0.2, 0) is 27.2 Å². The van der Waals surface area contributed by atoms with Crippen molar-refractivity contribution in [3.63, 3.8) is 0 Å². The summed E-state index contributed by atoms with van der Waals surface area (Å²) in [6.07, 6.45) is 0. The number of hydrogen-bond acceptors (Lipinski definition) is 6. The van der Waals surface area contributed by atoms with Gasteiger partial charge in [0.1, 0.15) is 4.49 Å². The van der Waals surface area contributed by atoms with Gasteiger partial charge < -0.3 is 18.1 Å². The smallest absolute Gasteiger partial charge is 0.305 e. The molecule has 0 radical (unpaired) electrons. The maximum absolute atomic E-state index is 12.7. The molecule has 0 aromatic carbocycles. The molecule has 0 aliphatic rings. The summed E-state index contributed by atoms with van der Waals surface area (Å²) in [7, 11) is -7.93. The van der Waals surface area contributed by atoms with E-state index in [2.05, 4.69) is 0 Å². The van der Waals surface area contributed by atoms with Gasteiger partial charge in [-0.2, -0.15) is 0 Å². The van der Waals surface area contributed by atoms with Gasteiger partial charge in [0.15, 0.2) is 5.06 Å². The molecule has 0 rings (SSSR count). The van der Waals surface area contributed by atoms with Gasteiger partial charge in [-0.05, 0) is 27.7 Å². The Hall–Kier alpha value is 0.620. The lowest BCUT2D eigenvalue weighted by molar-refractivity contribution is 0.214. The molecule has 0 spiro atoms. The van der Waals surface area contributed by atoms with Crippen molar-refractivity contribution < 1.29 is 27.2 Å². The van der Waals surface area contributed by atoms with E-state index in [1.54, 1.807) is 27.7 Å². The lowest BCUT2D eigenvalue weighted by atomic mass is 10.9. The van der Waals surface area contributed by atoms with Crippen LogP contribution in [-0.4, -0.2) is 26.4 Å². The Balaban J connectivity index is 5.91. The topological polar surface area (TPSA) is 71.1 Å². The van der Waals surface area contributed by atoms with Crippen molar-refractivity contribution in [1.29, 1.82) is 0 Å². The molecule has 10 heteroatoms. The van der Waals surface area contributed by atoms with E-state index in [9.17, 15) is 9.13 Å². The van der Waals surface area contributed by atoms with E-state index in [1.807, 2.05) is 0 Å². The van der Waals surface area contributed by atoms with Crippen molar-refractivity contribution in [2.75, 3.05) is 26.4 Å². The Kier molecular flexibility index (Phi) is 9.90. The lowest BCUT2D eigenvalue weighted by Gasteiger charge is -2.25. The predicted octanol–water partition coefficient (Wildman–Crippen LogP) is 5.12. The second-order valence-electron chi connectivity index (χ2n) is 3.25. The third-order valence-corrected chi connectivity index (χ3v) is 8.14. The van der Waals surface area contributed by atoms with Crippen LogP contribution in [0.1, 0.15) is 27.7 Å². The van der Waals surface area contributed by atoms with Gasteiger partial charge in [0, 0.05) is 0 Å². The number of rotatable bonds is 10. The molecule has 0 N–H and O–H groups in total. The first-order valence-electron chi connectivity index (χ1n) is 6.15. The standard InChI is InChI=1S/C10H20Cl2O6P2/c1-5-15-19(13,16-6-2)10(9(11)12)20(14,17-7-3)18-8-4/h5-8H2,1-4H3. The highest BCUT2D eigenvalue weighted by molar-refractivity contribution is 7.79. The van der Waals surface area contributed by atoms with Crippen molar-refractivity contribution in [3.8, 4) is 0 Å². The SMILES string of the molecule is CCOP(=O)(OCC)C(=C(Cl)Cl)P(=O)(OCC)OCC. The molecule has 0 unspecified atom stereocenters. The van der Waals surface area contributed by atoms with Crippen LogP contribution in [0.5, 0.6) is 0 Å². The van der Waals surface area contributed by atoms with E-state index in [0.29, 0.717) is 0 Å². The first kappa shape index (κ1) is 20.6. The molecule has 0 aliphatic carbocycles. The Labute approximate surface area is 129 Å². The van der Waals surface area contributed by atoms with Crippen LogP contribution in [0.3, 0.4) is 0 Å². The highest BCUT2D eigenvalue weighted by atomic mass is 35.5. The Morgan fingerprint density at radius 3 is 1.15 bits per heavy atom. The van der Waals surface area contributed by atoms with E-state index in [1.165, 1.54) is 0 Å². The first-order chi connectivity index (χ1) is 9.31. The molecular formula is C10H20Cl2O6P2. The summed E-state index contributed by atoms with van der Waals surface area (Å²) in [5.41, 5.74) is 0. The van der Waals surface area contributed by atoms with Gasteiger partial charge >= 0.3 is 15.2 Å². The van der Waals surface area contributed by atoms with Crippen molar-refractivity contribution in [2.24, 2.45) is 0 Å². The van der Waals surface area contributed by atoms with E-state index < -0.39 is 24.7 Å². The Bertz CT molecular complexity index is 370. The van der Waals surface area contributed by atoms with Gasteiger partial charge in [-0.25, -0.2) is 0 Å². The Morgan fingerprint density at radius 1 is 0.750 bits per heavy atom. The van der Waals surface area contributed by atoms with E-state index in [0.717, 1.165) is 0 Å². The molecule has 6 nitrogen and oxygen atoms in total. The molecule has 20 heavy (non-hydrogen) atoms. The zero-order valence-corrected chi connectivity index (χ0v) is 15.2. The van der Waals surface area contributed by atoms with E-state index >= 15 is 0 Å². The van der Waals surface area contributed by atoms with Crippen LogP contribution < -0.4 is 0 Å². The second kappa shape index (κ2) is 9.60. The minimum Gasteiger partial charge on any atom is -0.305 e. The molecule has 0 heterocycles. The fourth-order valence-corrected chi connectivity index (χ4v) is 6.90. The van der Waals surface area contributed by atoms with Gasteiger partial charge in [0.25, 0.3) is 0 Å². The molecule has 120 valence electrons. The third-order valence-electron chi connectivity index (χ3n) is 1.88. The largest absolute Gasteiger partial charge is 0.372 e. The van der Waals surface area contributed by atoms with E-state index in [4.69, 9.17) is 41.3 Å². The lowest BCUT2D eigenvalue weighted by Crippen LogP contribution is -2.05.